The maximum Gasteiger partial charge on any atom is 0.165 e. The monoisotopic (exact) mass is 154 g/mol. The van der Waals surface area contributed by atoms with Crippen molar-refractivity contribution >= 4 is 20.1 Å². The fourth-order valence-electron chi connectivity index (χ4n) is 0.291. The molecule has 0 aliphatic carbocycles. The van der Waals surface area contributed by atoms with Gasteiger partial charge in [0, 0.05) is 11.9 Å². The molecule has 2 N–H and O–H groups in total. The normalized spacial score (nSPS) is 10.5. The number of hydrogen-bond donors (Lipinski definition) is 2. The number of thioether (sulfide) groups is 1. The van der Waals surface area contributed by atoms with E-state index in [1.54, 1.807) is 11.8 Å². The van der Waals surface area contributed by atoms with Crippen LogP contribution in [0, 0.1) is 0 Å². The summed E-state index contributed by atoms with van der Waals surface area (Å²) in [6.07, 6.45) is 0.549. The van der Waals surface area contributed by atoms with Crippen molar-refractivity contribution in [1.82, 2.24) is 0 Å². The smallest absolute Gasteiger partial charge is 0.165 e. The zero-order chi connectivity index (χ0) is 6.41. The van der Waals surface area contributed by atoms with Crippen molar-refractivity contribution in [2.45, 2.75) is 6.92 Å². The summed E-state index contributed by atoms with van der Waals surface area (Å²) in [5.74, 6) is 1.93. The maximum absolute atomic E-state index is 8.39. The summed E-state index contributed by atoms with van der Waals surface area (Å²) in [7, 11) is -1.63. The molecule has 0 radical (unpaired) electrons. The minimum atomic E-state index is -1.63. The lowest BCUT2D eigenvalue weighted by atomic mass is 10.9. The molecular weight excluding hydrogens is 143 g/mol. The predicted molar refractivity (Wildman–Crippen MR) is 39.2 cm³/mol. The summed E-state index contributed by atoms with van der Waals surface area (Å²) < 4.78 is 0. The largest absolute Gasteiger partial charge is 0.350 e. The fourth-order valence-corrected chi connectivity index (χ4v) is 1.75. The van der Waals surface area contributed by atoms with E-state index in [4.69, 9.17) is 9.79 Å². The van der Waals surface area contributed by atoms with Gasteiger partial charge in [0.15, 0.2) is 8.38 Å². The quantitative estimate of drug-likeness (QED) is 0.469. The molecule has 0 spiro atoms. The van der Waals surface area contributed by atoms with Crippen LogP contribution in [0.25, 0.3) is 0 Å². The topological polar surface area (TPSA) is 40.5 Å². The molecular formula is C4H11O2PS. The van der Waals surface area contributed by atoms with Gasteiger partial charge in [-0.1, -0.05) is 6.92 Å². The Morgan fingerprint density at radius 2 is 2.12 bits per heavy atom. The molecule has 0 atom stereocenters. The molecule has 0 bridgehead atoms. The highest BCUT2D eigenvalue weighted by Gasteiger charge is 1.95. The first kappa shape index (κ1) is 8.70. The third-order valence-corrected chi connectivity index (χ3v) is 2.47. The van der Waals surface area contributed by atoms with Crippen LogP contribution in [0.2, 0.25) is 0 Å². The molecule has 0 saturated heterocycles. The maximum atomic E-state index is 8.39. The van der Waals surface area contributed by atoms with Crippen molar-refractivity contribution in [1.29, 1.82) is 0 Å². The average Bonchev–Trinajstić information content (AvgIpc) is 1.66. The molecule has 0 saturated carbocycles. The Balaban J connectivity index is 2.72. The van der Waals surface area contributed by atoms with Crippen LogP contribution in [-0.2, 0) is 0 Å². The van der Waals surface area contributed by atoms with Crippen LogP contribution in [0.15, 0.2) is 0 Å². The number of hydrogen-bond acceptors (Lipinski definition) is 3. The SMILES string of the molecule is CCSCCP(O)O. The van der Waals surface area contributed by atoms with Gasteiger partial charge in [0.2, 0.25) is 0 Å². The Morgan fingerprint density at radius 1 is 1.50 bits per heavy atom. The van der Waals surface area contributed by atoms with Crippen molar-refractivity contribution in [2.24, 2.45) is 0 Å². The number of rotatable bonds is 4. The second kappa shape index (κ2) is 5.83. The van der Waals surface area contributed by atoms with Crippen LogP contribution in [0.1, 0.15) is 6.92 Å². The molecule has 0 fully saturated rings. The summed E-state index contributed by atoms with van der Waals surface area (Å²) in [6, 6.07) is 0. The summed E-state index contributed by atoms with van der Waals surface area (Å²) in [6.45, 7) is 2.06. The average molecular weight is 154 g/mol. The Morgan fingerprint density at radius 3 is 2.50 bits per heavy atom. The standard InChI is InChI=1S/C4H11O2PS/c1-2-8-4-3-7(5)6/h5-6H,2-4H2,1H3. The minimum Gasteiger partial charge on any atom is -0.350 e. The van der Waals surface area contributed by atoms with Gasteiger partial charge in [-0.3, -0.25) is 0 Å². The van der Waals surface area contributed by atoms with E-state index in [2.05, 4.69) is 6.92 Å². The van der Waals surface area contributed by atoms with Gasteiger partial charge >= 0.3 is 0 Å². The first-order valence-corrected chi connectivity index (χ1v) is 5.09. The molecule has 50 valence electrons. The van der Waals surface area contributed by atoms with Crippen molar-refractivity contribution in [3.05, 3.63) is 0 Å². The highest BCUT2D eigenvalue weighted by molar-refractivity contribution is 7.99. The summed E-state index contributed by atoms with van der Waals surface area (Å²) >= 11 is 1.73. The van der Waals surface area contributed by atoms with E-state index < -0.39 is 8.38 Å². The summed E-state index contributed by atoms with van der Waals surface area (Å²) in [5, 5.41) is 0. The van der Waals surface area contributed by atoms with E-state index in [9.17, 15) is 0 Å². The third-order valence-electron chi connectivity index (χ3n) is 0.640. The van der Waals surface area contributed by atoms with E-state index in [-0.39, 0.29) is 0 Å². The van der Waals surface area contributed by atoms with E-state index in [1.807, 2.05) is 0 Å². The van der Waals surface area contributed by atoms with Crippen LogP contribution >= 0.6 is 20.1 Å². The molecule has 0 amide bonds. The Kier molecular flexibility index (Phi) is 6.34. The molecule has 0 aromatic carbocycles. The minimum absolute atomic E-state index is 0.549. The molecule has 4 heteroatoms. The molecule has 0 rings (SSSR count). The molecule has 0 aromatic rings. The lowest BCUT2D eigenvalue weighted by Crippen LogP contribution is -1.86. The lowest BCUT2D eigenvalue weighted by molar-refractivity contribution is 0.485. The van der Waals surface area contributed by atoms with Gasteiger partial charge in [-0.15, -0.1) is 0 Å². The zero-order valence-electron chi connectivity index (χ0n) is 4.87. The molecule has 0 aliphatic rings. The second-order valence-corrected chi connectivity index (χ2v) is 3.88. The van der Waals surface area contributed by atoms with Crippen LogP contribution in [0.3, 0.4) is 0 Å². The Labute approximate surface area is 55.2 Å². The fraction of sp³-hybridized carbons (Fsp3) is 1.00. The van der Waals surface area contributed by atoms with Crippen molar-refractivity contribution in [3.63, 3.8) is 0 Å². The molecule has 0 aliphatic heterocycles. The van der Waals surface area contributed by atoms with E-state index >= 15 is 0 Å². The van der Waals surface area contributed by atoms with Gasteiger partial charge in [-0.05, 0) is 5.75 Å². The van der Waals surface area contributed by atoms with Gasteiger partial charge in [0.25, 0.3) is 0 Å². The molecule has 0 unspecified atom stereocenters. The van der Waals surface area contributed by atoms with Gasteiger partial charge in [-0.2, -0.15) is 11.8 Å². The second-order valence-electron chi connectivity index (χ2n) is 1.29. The van der Waals surface area contributed by atoms with Crippen molar-refractivity contribution in [2.75, 3.05) is 17.7 Å². The predicted octanol–water partition coefficient (Wildman–Crippen LogP) is 1.04. The van der Waals surface area contributed by atoms with Crippen LogP contribution in [0.4, 0.5) is 0 Å². The van der Waals surface area contributed by atoms with Crippen molar-refractivity contribution in [3.8, 4) is 0 Å². The highest BCUT2D eigenvalue weighted by Crippen LogP contribution is 2.23. The summed E-state index contributed by atoms with van der Waals surface area (Å²) in [4.78, 5) is 16.8. The van der Waals surface area contributed by atoms with Gasteiger partial charge in [0.1, 0.15) is 0 Å². The van der Waals surface area contributed by atoms with Crippen LogP contribution in [0.5, 0.6) is 0 Å². The van der Waals surface area contributed by atoms with Gasteiger partial charge in [-0.25, -0.2) is 0 Å². The Hall–Kier alpha value is 0.700. The van der Waals surface area contributed by atoms with Gasteiger partial charge < -0.3 is 9.79 Å². The first-order valence-electron chi connectivity index (χ1n) is 2.50. The molecule has 0 aromatic heterocycles. The molecule has 8 heavy (non-hydrogen) atoms. The van der Waals surface area contributed by atoms with E-state index in [1.165, 1.54) is 0 Å². The van der Waals surface area contributed by atoms with Crippen LogP contribution < -0.4 is 0 Å². The van der Waals surface area contributed by atoms with E-state index in [0.717, 1.165) is 11.5 Å². The zero-order valence-corrected chi connectivity index (χ0v) is 6.58. The third kappa shape index (κ3) is 6.70. The molecule has 0 heterocycles. The summed E-state index contributed by atoms with van der Waals surface area (Å²) in [5.41, 5.74) is 0. The highest BCUT2D eigenvalue weighted by atomic mass is 32.2. The molecule has 2 nitrogen and oxygen atoms in total. The van der Waals surface area contributed by atoms with Crippen LogP contribution in [-0.4, -0.2) is 27.5 Å². The van der Waals surface area contributed by atoms with E-state index in [0.29, 0.717) is 6.16 Å². The Bertz CT molecular complexity index is 51.3. The van der Waals surface area contributed by atoms with Gasteiger partial charge in [0.05, 0.1) is 0 Å². The lowest BCUT2D eigenvalue weighted by Gasteiger charge is -1.98. The van der Waals surface area contributed by atoms with Crippen molar-refractivity contribution < 1.29 is 9.79 Å². The first-order chi connectivity index (χ1) is 3.77.